The molecule has 0 spiro atoms. The van der Waals surface area contributed by atoms with Gasteiger partial charge in [-0.15, -0.1) is 0 Å². The number of morpholine rings is 1. The van der Waals surface area contributed by atoms with Crippen molar-refractivity contribution in [1.29, 1.82) is 0 Å². The van der Waals surface area contributed by atoms with Gasteiger partial charge in [0.15, 0.2) is 11.6 Å². The van der Waals surface area contributed by atoms with Crippen LogP contribution in [0, 0.1) is 6.92 Å². The molecule has 2 aliphatic heterocycles. The molecule has 2 unspecified atom stereocenters. The Bertz CT molecular complexity index is 1590. The van der Waals surface area contributed by atoms with Gasteiger partial charge in [-0.05, 0) is 73.0 Å². The summed E-state index contributed by atoms with van der Waals surface area (Å²) in [5, 5.41) is 4.31. The fraction of sp³-hybridized carbons (Fsp3) is 0.344. The summed E-state index contributed by atoms with van der Waals surface area (Å²) >= 11 is 0. The van der Waals surface area contributed by atoms with E-state index in [1.165, 1.54) is 5.56 Å². The zero-order valence-corrected chi connectivity index (χ0v) is 24.1. The first-order valence-corrected chi connectivity index (χ1v) is 14.1. The summed E-state index contributed by atoms with van der Waals surface area (Å²) in [6.07, 6.45) is 6.20. The third kappa shape index (κ3) is 5.13. The first kappa shape index (κ1) is 26.8. The predicted molar refractivity (Wildman–Crippen MR) is 163 cm³/mol. The fourth-order valence-corrected chi connectivity index (χ4v) is 5.44. The molecule has 0 amide bonds. The number of ether oxygens (including phenoxy) is 3. The summed E-state index contributed by atoms with van der Waals surface area (Å²) in [4.78, 5) is 18.0. The SMILES string of the molecule is C=CN(C)c1ccc(Oc2ccc(Nc3ncnc4cnc5c(c34)OCC3COCCN53)cc2C)cc1C(C)CC. The van der Waals surface area contributed by atoms with Crippen molar-refractivity contribution >= 4 is 33.9 Å². The Morgan fingerprint density at radius 2 is 2.07 bits per heavy atom. The van der Waals surface area contributed by atoms with Gasteiger partial charge in [0.2, 0.25) is 0 Å². The Morgan fingerprint density at radius 1 is 1.20 bits per heavy atom. The summed E-state index contributed by atoms with van der Waals surface area (Å²) in [6, 6.07) is 12.5. The standard InChI is InChI=1S/C32H36N6O3/c1-6-20(3)25-15-24(9-10-27(25)37(5)7-2)41-28-11-8-22(14-21(28)4)36-31-29-26(34-19-35-31)16-33-32-30(29)40-18-23-17-39-13-12-38(23)32/h7-11,14-16,19-20,23H,2,6,12-13,17-18H2,1,3-5H3,(H,34,35,36). The number of hydrogen-bond acceptors (Lipinski definition) is 9. The molecule has 1 fully saturated rings. The lowest BCUT2D eigenvalue weighted by Crippen LogP contribution is -2.51. The maximum atomic E-state index is 6.37. The van der Waals surface area contributed by atoms with Gasteiger partial charge in [-0.3, -0.25) is 0 Å². The van der Waals surface area contributed by atoms with Gasteiger partial charge in [-0.2, -0.15) is 0 Å². The van der Waals surface area contributed by atoms with E-state index in [-0.39, 0.29) is 6.04 Å². The molecule has 1 saturated heterocycles. The van der Waals surface area contributed by atoms with E-state index in [4.69, 9.17) is 19.2 Å². The number of aromatic nitrogens is 3. The number of benzene rings is 2. The quantitative estimate of drug-likeness (QED) is 0.261. The van der Waals surface area contributed by atoms with Gasteiger partial charge in [-0.1, -0.05) is 20.4 Å². The molecule has 2 aromatic heterocycles. The van der Waals surface area contributed by atoms with E-state index >= 15 is 0 Å². The van der Waals surface area contributed by atoms with Crippen molar-refractivity contribution in [2.45, 2.75) is 39.2 Å². The lowest BCUT2D eigenvalue weighted by atomic mass is 9.96. The summed E-state index contributed by atoms with van der Waals surface area (Å²) in [6.45, 7) is 13.0. The third-order valence-corrected chi connectivity index (χ3v) is 8.00. The zero-order chi connectivity index (χ0) is 28.5. The van der Waals surface area contributed by atoms with Crippen LogP contribution in [0.4, 0.5) is 23.0 Å². The largest absolute Gasteiger partial charge is 0.487 e. The molecule has 0 bridgehead atoms. The minimum absolute atomic E-state index is 0.165. The highest BCUT2D eigenvalue weighted by molar-refractivity contribution is 5.98. The lowest BCUT2D eigenvalue weighted by Gasteiger charge is -2.40. The number of pyridine rings is 1. The first-order valence-electron chi connectivity index (χ1n) is 14.1. The van der Waals surface area contributed by atoms with Gasteiger partial charge in [0.25, 0.3) is 0 Å². The summed E-state index contributed by atoms with van der Waals surface area (Å²) in [5.41, 5.74) is 5.00. The number of hydrogen-bond donors (Lipinski definition) is 1. The first-order chi connectivity index (χ1) is 20.0. The van der Waals surface area contributed by atoms with Crippen LogP contribution in [0.5, 0.6) is 17.2 Å². The number of nitrogens with zero attached hydrogens (tertiary/aromatic N) is 5. The average Bonchev–Trinajstić information content (AvgIpc) is 3.01. The van der Waals surface area contributed by atoms with Crippen molar-refractivity contribution < 1.29 is 14.2 Å². The summed E-state index contributed by atoms with van der Waals surface area (Å²) in [7, 11) is 2.02. The number of fused-ring (bicyclic) bond motifs is 5. The van der Waals surface area contributed by atoms with E-state index in [0.29, 0.717) is 37.3 Å². The van der Waals surface area contributed by atoms with Crippen LogP contribution in [0.25, 0.3) is 10.9 Å². The number of aryl methyl sites for hydroxylation is 1. The molecule has 4 aromatic rings. The molecule has 2 aromatic carbocycles. The molecule has 4 heterocycles. The van der Waals surface area contributed by atoms with E-state index in [9.17, 15) is 0 Å². The Balaban J connectivity index is 1.27. The number of rotatable bonds is 8. The van der Waals surface area contributed by atoms with Crippen LogP contribution in [-0.4, -0.2) is 54.4 Å². The fourth-order valence-electron chi connectivity index (χ4n) is 5.44. The Labute approximate surface area is 240 Å². The lowest BCUT2D eigenvalue weighted by molar-refractivity contribution is 0.0702. The molecule has 1 N–H and O–H groups in total. The van der Waals surface area contributed by atoms with E-state index in [1.54, 1.807) is 12.5 Å². The smallest absolute Gasteiger partial charge is 0.175 e. The monoisotopic (exact) mass is 552 g/mol. The van der Waals surface area contributed by atoms with Crippen molar-refractivity contribution in [1.82, 2.24) is 15.0 Å². The Kier molecular flexibility index (Phi) is 7.36. The zero-order valence-electron chi connectivity index (χ0n) is 24.1. The molecule has 0 saturated carbocycles. The normalized spacial score (nSPS) is 16.8. The Morgan fingerprint density at radius 3 is 2.88 bits per heavy atom. The van der Waals surface area contributed by atoms with Crippen LogP contribution in [0.1, 0.15) is 37.3 Å². The molecule has 212 valence electrons. The molecule has 6 rings (SSSR count). The van der Waals surface area contributed by atoms with E-state index in [0.717, 1.165) is 58.1 Å². The minimum Gasteiger partial charge on any atom is -0.487 e. The Hall–Kier alpha value is -4.37. The second kappa shape index (κ2) is 11.2. The van der Waals surface area contributed by atoms with E-state index in [1.807, 2.05) is 43.3 Å². The molecule has 0 radical (unpaired) electrons. The van der Waals surface area contributed by atoms with Crippen LogP contribution in [0.2, 0.25) is 0 Å². The van der Waals surface area contributed by atoms with Crippen molar-refractivity contribution in [3.05, 3.63) is 72.8 Å². The van der Waals surface area contributed by atoms with Gasteiger partial charge in [-0.25, -0.2) is 15.0 Å². The molecule has 9 nitrogen and oxygen atoms in total. The van der Waals surface area contributed by atoms with Gasteiger partial charge in [0.1, 0.15) is 30.3 Å². The van der Waals surface area contributed by atoms with Crippen molar-refractivity contribution in [3.8, 4) is 17.2 Å². The molecule has 0 aliphatic carbocycles. The molecular formula is C32H36N6O3. The molecular weight excluding hydrogens is 516 g/mol. The summed E-state index contributed by atoms with van der Waals surface area (Å²) in [5.74, 6) is 4.20. The molecule has 2 atom stereocenters. The highest BCUT2D eigenvalue weighted by Gasteiger charge is 2.33. The van der Waals surface area contributed by atoms with Gasteiger partial charge >= 0.3 is 0 Å². The van der Waals surface area contributed by atoms with Crippen LogP contribution >= 0.6 is 0 Å². The maximum absolute atomic E-state index is 6.37. The van der Waals surface area contributed by atoms with Crippen LogP contribution in [0.3, 0.4) is 0 Å². The number of anilines is 4. The summed E-state index contributed by atoms with van der Waals surface area (Å²) < 4.78 is 18.2. The van der Waals surface area contributed by atoms with Crippen molar-refractivity contribution in [3.63, 3.8) is 0 Å². The second-order valence-electron chi connectivity index (χ2n) is 10.7. The van der Waals surface area contributed by atoms with Crippen molar-refractivity contribution in [2.75, 3.05) is 48.5 Å². The maximum Gasteiger partial charge on any atom is 0.175 e. The van der Waals surface area contributed by atoms with Crippen LogP contribution in [0.15, 0.2) is 61.7 Å². The average molecular weight is 553 g/mol. The molecule has 2 aliphatic rings. The second-order valence-corrected chi connectivity index (χ2v) is 10.7. The molecule has 9 heteroatoms. The van der Waals surface area contributed by atoms with E-state index < -0.39 is 0 Å². The van der Waals surface area contributed by atoms with Crippen molar-refractivity contribution in [2.24, 2.45) is 0 Å². The number of nitrogens with one attached hydrogen (secondary N) is 1. The minimum atomic E-state index is 0.165. The van der Waals surface area contributed by atoms with Gasteiger partial charge < -0.3 is 29.3 Å². The molecule has 41 heavy (non-hydrogen) atoms. The topological polar surface area (TPSA) is 84.9 Å². The predicted octanol–water partition coefficient (Wildman–Crippen LogP) is 6.56. The highest BCUT2D eigenvalue weighted by Crippen LogP contribution is 2.42. The third-order valence-electron chi connectivity index (χ3n) is 8.00. The van der Waals surface area contributed by atoms with Gasteiger partial charge in [0, 0.05) is 25.0 Å². The van der Waals surface area contributed by atoms with Gasteiger partial charge in [0.05, 0.1) is 36.4 Å². The highest BCUT2D eigenvalue weighted by atomic mass is 16.5. The van der Waals surface area contributed by atoms with Crippen LogP contribution < -0.4 is 24.6 Å². The van der Waals surface area contributed by atoms with E-state index in [2.05, 4.69) is 58.8 Å². The van der Waals surface area contributed by atoms with Crippen LogP contribution in [-0.2, 0) is 4.74 Å².